The molecule has 0 amide bonds. The predicted molar refractivity (Wildman–Crippen MR) is 59.3 cm³/mol. The van der Waals surface area contributed by atoms with Crippen LogP contribution in [0.4, 0.5) is 8.78 Å². The zero-order valence-electron chi connectivity index (χ0n) is 8.80. The first-order chi connectivity index (χ1) is 7.65. The van der Waals surface area contributed by atoms with Gasteiger partial charge in [-0.3, -0.25) is 0 Å². The molecule has 2 aliphatic carbocycles. The minimum absolute atomic E-state index is 0.164. The van der Waals surface area contributed by atoms with Crippen molar-refractivity contribution >= 4 is 11.6 Å². The number of hydrogen-bond donors (Lipinski definition) is 0. The molecule has 0 spiro atoms. The van der Waals surface area contributed by atoms with Crippen molar-refractivity contribution < 1.29 is 8.78 Å². The molecule has 1 aromatic rings. The molecule has 0 radical (unpaired) electrons. The summed E-state index contributed by atoms with van der Waals surface area (Å²) in [7, 11) is 0. The van der Waals surface area contributed by atoms with Crippen LogP contribution in [0.15, 0.2) is 18.2 Å². The summed E-state index contributed by atoms with van der Waals surface area (Å²) in [5.74, 6) is 0.552. The number of halogens is 3. The molecule has 86 valence electrons. The van der Waals surface area contributed by atoms with Crippen molar-refractivity contribution in [3.05, 3.63) is 35.4 Å². The van der Waals surface area contributed by atoms with E-state index in [1.54, 1.807) is 6.07 Å². The highest BCUT2D eigenvalue weighted by Gasteiger charge is 2.47. The van der Waals surface area contributed by atoms with Crippen LogP contribution in [-0.4, -0.2) is 0 Å². The highest BCUT2D eigenvalue weighted by molar-refractivity contribution is 6.21. The molecule has 2 saturated carbocycles. The molecule has 0 saturated heterocycles. The van der Waals surface area contributed by atoms with E-state index >= 15 is 0 Å². The van der Waals surface area contributed by atoms with Crippen LogP contribution < -0.4 is 0 Å². The molecule has 2 aliphatic rings. The quantitative estimate of drug-likeness (QED) is 0.679. The van der Waals surface area contributed by atoms with Crippen molar-refractivity contribution in [1.29, 1.82) is 0 Å². The van der Waals surface area contributed by atoms with Gasteiger partial charge in [0, 0.05) is 0 Å². The van der Waals surface area contributed by atoms with Crippen LogP contribution in [0, 0.1) is 29.4 Å². The number of alkyl halides is 1. The van der Waals surface area contributed by atoms with Gasteiger partial charge in [0.1, 0.15) is 0 Å². The van der Waals surface area contributed by atoms with Crippen molar-refractivity contribution in [3.63, 3.8) is 0 Å². The lowest BCUT2D eigenvalue weighted by atomic mass is 9.94. The van der Waals surface area contributed by atoms with Crippen molar-refractivity contribution in [2.75, 3.05) is 0 Å². The minimum Gasteiger partial charge on any atom is -0.204 e. The van der Waals surface area contributed by atoms with Gasteiger partial charge in [-0.05, 0) is 54.7 Å². The first-order valence-corrected chi connectivity index (χ1v) is 6.18. The first kappa shape index (κ1) is 10.5. The molecule has 0 nitrogen and oxygen atoms in total. The van der Waals surface area contributed by atoms with Crippen LogP contribution in [-0.2, 0) is 0 Å². The number of hydrogen-bond acceptors (Lipinski definition) is 0. The average molecular weight is 243 g/mol. The van der Waals surface area contributed by atoms with Crippen LogP contribution in [0.2, 0.25) is 0 Å². The van der Waals surface area contributed by atoms with E-state index in [0.717, 1.165) is 30.7 Å². The maximum Gasteiger partial charge on any atom is 0.159 e. The van der Waals surface area contributed by atoms with E-state index in [4.69, 9.17) is 11.6 Å². The summed E-state index contributed by atoms with van der Waals surface area (Å²) in [6.45, 7) is 0. The van der Waals surface area contributed by atoms with Crippen molar-refractivity contribution in [3.8, 4) is 0 Å². The third-order valence-corrected chi connectivity index (χ3v) is 4.56. The van der Waals surface area contributed by atoms with E-state index in [0.29, 0.717) is 11.5 Å². The zero-order chi connectivity index (χ0) is 11.3. The second-order valence-corrected chi connectivity index (χ2v) is 5.53. The van der Waals surface area contributed by atoms with Crippen LogP contribution in [0.1, 0.15) is 30.2 Å². The fraction of sp³-hybridized carbons (Fsp3) is 0.538. The highest BCUT2D eigenvalue weighted by atomic mass is 35.5. The summed E-state index contributed by atoms with van der Waals surface area (Å²) in [5, 5.41) is -0.164. The maximum absolute atomic E-state index is 13.1. The number of fused-ring (bicyclic) bond motifs is 1. The first-order valence-electron chi connectivity index (χ1n) is 5.74. The molecular weight excluding hydrogens is 230 g/mol. The van der Waals surface area contributed by atoms with Gasteiger partial charge < -0.3 is 0 Å². The fourth-order valence-electron chi connectivity index (χ4n) is 2.96. The van der Waals surface area contributed by atoms with Crippen LogP contribution in [0.25, 0.3) is 0 Å². The average Bonchev–Trinajstić information content (AvgIpc) is 2.89. The van der Waals surface area contributed by atoms with E-state index in [2.05, 4.69) is 0 Å². The van der Waals surface area contributed by atoms with E-state index in [-0.39, 0.29) is 5.38 Å². The lowest BCUT2D eigenvalue weighted by molar-refractivity contribution is 0.465. The van der Waals surface area contributed by atoms with Gasteiger partial charge in [0.2, 0.25) is 0 Å². The summed E-state index contributed by atoms with van der Waals surface area (Å²) < 4.78 is 25.9. The van der Waals surface area contributed by atoms with Crippen molar-refractivity contribution in [2.45, 2.75) is 24.6 Å². The Bertz CT molecular complexity index is 408. The molecule has 2 fully saturated rings. The number of benzene rings is 1. The van der Waals surface area contributed by atoms with Crippen molar-refractivity contribution in [2.24, 2.45) is 17.8 Å². The Morgan fingerprint density at radius 3 is 2.38 bits per heavy atom. The molecule has 0 heterocycles. The van der Waals surface area contributed by atoms with Crippen molar-refractivity contribution in [1.82, 2.24) is 0 Å². The standard InChI is InChI=1S/C13H13ClF2/c14-13(10-4-8-3-9(8)5-10)7-1-2-11(15)12(16)6-7/h1-2,6,8-10,13H,3-5H2. The Morgan fingerprint density at radius 1 is 1.06 bits per heavy atom. The summed E-state index contributed by atoms with van der Waals surface area (Å²) in [6.07, 6.45) is 3.65. The third kappa shape index (κ3) is 1.73. The second-order valence-electron chi connectivity index (χ2n) is 5.06. The molecule has 3 rings (SSSR count). The van der Waals surface area contributed by atoms with E-state index in [9.17, 15) is 8.78 Å². The lowest BCUT2D eigenvalue weighted by Crippen LogP contribution is -2.06. The van der Waals surface area contributed by atoms with Crippen LogP contribution in [0.3, 0.4) is 0 Å². The van der Waals surface area contributed by atoms with Gasteiger partial charge in [-0.25, -0.2) is 8.78 Å². The summed E-state index contributed by atoms with van der Waals surface area (Å²) >= 11 is 6.33. The molecule has 0 aliphatic heterocycles. The SMILES string of the molecule is Fc1ccc(C(Cl)C2CC3CC3C2)cc1F. The largest absolute Gasteiger partial charge is 0.204 e. The topological polar surface area (TPSA) is 0 Å². The lowest BCUT2D eigenvalue weighted by Gasteiger charge is -2.19. The number of rotatable bonds is 2. The van der Waals surface area contributed by atoms with Gasteiger partial charge in [-0.1, -0.05) is 6.07 Å². The molecule has 0 aromatic heterocycles. The summed E-state index contributed by atoms with van der Waals surface area (Å²) in [6, 6.07) is 3.99. The molecule has 3 atom stereocenters. The Balaban J connectivity index is 1.77. The molecule has 1 aromatic carbocycles. The zero-order valence-corrected chi connectivity index (χ0v) is 9.55. The third-order valence-electron chi connectivity index (χ3n) is 3.96. The summed E-state index contributed by atoms with van der Waals surface area (Å²) in [4.78, 5) is 0. The van der Waals surface area contributed by atoms with Gasteiger partial charge in [-0.15, -0.1) is 11.6 Å². The molecule has 0 bridgehead atoms. The highest BCUT2D eigenvalue weighted by Crippen LogP contribution is 2.58. The van der Waals surface area contributed by atoms with Gasteiger partial charge >= 0.3 is 0 Å². The predicted octanol–water partition coefficient (Wildman–Crippen LogP) is 4.29. The monoisotopic (exact) mass is 242 g/mol. The summed E-state index contributed by atoms with van der Waals surface area (Å²) in [5.41, 5.74) is 0.715. The molecule has 3 heteroatoms. The van der Waals surface area contributed by atoms with Crippen LogP contribution in [0.5, 0.6) is 0 Å². The molecular formula is C13H13ClF2. The molecule has 16 heavy (non-hydrogen) atoms. The smallest absolute Gasteiger partial charge is 0.159 e. The Hall–Kier alpha value is -0.630. The van der Waals surface area contributed by atoms with Crippen LogP contribution >= 0.6 is 11.6 Å². The Morgan fingerprint density at radius 2 is 1.75 bits per heavy atom. The van der Waals surface area contributed by atoms with Gasteiger partial charge in [0.25, 0.3) is 0 Å². The van der Waals surface area contributed by atoms with E-state index in [1.165, 1.54) is 12.5 Å². The Labute approximate surface area is 98.6 Å². The fourth-order valence-corrected chi connectivity index (χ4v) is 3.30. The maximum atomic E-state index is 13.1. The second kappa shape index (κ2) is 3.69. The molecule has 3 unspecified atom stereocenters. The van der Waals surface area contributed by atoms with Gasteiger partial charge in [0.15, 0.2) is 11.6 Å². The van der Waals surface area contributed by atoms with Gasteiger partial charge in [0.05, 0.1) is 5.38 Å². The normalized spacial score (nSPS) is 33.6. The van der Waals surface area contributed by atoms with E-state index in [1.807, 2.05) is 0 Å². The van der Waals surface area contributed by atoms with E-state index < -0.39 is 11.6 Å². The molecule has 0 N–H and O–H groups in total. The minimum atomic E-state index is -0.804. The Kier molecular flexibility index (Phi) is 2.43. The van der Waals surface area contributed by atoms with Gasteiger partial charge in [-0.2, -0.15) is 0 Å².